The number of carbonyl (C=O) groups is 2. The van der Waals surface area contributed by atoms with E-state index in [9.17, 15) is 9.59 Å². The Morgan fingerprint density at radius 2 is 1.77 bits per heavy atom. The van der Waals surface area contributed by atoms with Gasteiger partial charge in [0.15, 0.2) is 0 Å². The zero-order chi connectivity index (χ0) is 19.3. The lowest BCUT2D eigenvalue weighted by Gasteiger charge is -2.19. The van der Waals surface area contributed by atoms with E-state index in [-0.39, 0.29) is 18.0 Å². The minimum Gasteiger partial charge on any atom is -0.495 e. The van der Waals surface area contributed by atoms with Crippen molar-refractivity contribution >= 4 is 23.3 Å². The van der Waals surface area contributed by atoms with Crippen LogP contribution in [0.5, 0.6) is 5.75 Å². The zero-order valence-electron chi connectivity index (χ0n) is 15.8. The second kappa shape index (κ2) is 8.38. The SMILES string of the molecule is COc1ccc(NC(C)=O)cc1NC(=O)N[C@@H](C)c1cc(C)ccc1C. The van der Waals surface area contributed by atoms with Crippen LogP contribution in [0.3, 0.4) is 0 Å². The van der Waals surface area contributed by atoms with Gasteiger partial charge in [0, 0.05) is 12.6 Å². The molecule has 0 aliphatic carbocycles. The van der Waals surface area contributed by atoms with Crippen molar-refractivity contribution in [3.8, 4) is 5.75 Å². The van der Waals surface area contributed by atoms with Crippen LogP contribution in [0, 0.1) is 13.8 Å². The molecular formula is C20H25N3O3. The second-order valence-electron chi connectivity index (χ2n) is 6.28. The van der Waals surface area contributed by atoms with Crippen LogP contribution >= 0.6 is 0 Å². The predicted octanol–water partition coefficient (Wildman–Crippen LogP) is 4.15. The minimum absolute atomic E-state index is 0.153. The van der Waals surface area contributed by atoms with Gasteiger partial charge in [-0.25, -0.2) is 4.79 Å². The monoisotopic (exact) mass is 355 g/mol. The van der Waals surface area contributed by atoms with E-state index >= 15 is 0 Å². The number of carbonyl (C=O) groups excluding carboxylic acids is 2. The fraction of sp³-hybridized carbons (Fsp3) is 0.300. The van der Waals surface area contributed by atoms with Crippen LogP contribution in [0.25, 0.3) is 0 Å². The fourth-order valence-electron chi connectivity index (χ4n) is 2.75. The quantitative estimate of drug-likeness (QED) is 0.754. The molecule has 2 aromatic carbocycles. The summed E-state index contributed by atoms with van der Waals surface area (Å²) in [5.74, 6) is 0.322. The van der Waals surface area contributed by atoms with Crippen molar-refractivity contribution in [3.05, 3.63) is 53.1 Å². The fourth-order valence-corrected chi connectivity index (χ4v) is 2.75. The summed E-state index contributed by atoms with van der Waals surface area (Å²) < 4.78 is 5.28. The third kappa shape index (κ3) is 4.99. The normalized spacial score (nSPS) is 11.4. The van der Waals surface area contributed by atoms with Crippen molar-refractivity contribution in [1.29, 1.82) is 0 Å². The van der Waals surface area contributed by atoms with Crippen molar-refractivity contribution in [2.24, 2.45) is 0 Å². The van der Waals surface area contributed by atoms with Crippen LogP contribution in [-0.2, 0) is 4.79 Å². The van der Waals surface area contributed by atoms with Gasteiger partial charge >= 0.3 is 6.03 Å². The van der Waals surface area contributed by atoms with Crippen LogP contribution in [0.15, 0.2) is 36.4 Å². The van der Waals surface area contributed by atoms with Crippen molar-refractivity contribution in [2.75, 3.05) is 17.7 Å². The first kappa shape index (κ1) is 19.3. The summed E-state index contributed by atoms with van der Waals surface area (Å²) >= 11 is 0. The van der Waals surface area contributed by atoms with Gasteiger partial charge in [-0.2, -0.15) is 0 Å². The first-order chi connectivity index (χ1) is 12.3. The summed E-state index contributed by atoms with van der Waals surface area (Å²) in [6, 6.07) is 10.7. The van der Waals surface area contributed by atoms with Gasteiger partial charge in [-0.3, -0.25) is 4.79 Å². The number of nitrogens with one attached hydrogen (secondary N) is 3. The maximum Gasteiger partial charge on any atom is 0.319 e. The molecule has 6 nitrogen and oxygen atoms in total. The number of benzene rings is 2. The molecule has 0 aliphatic heterocycles. The topological polar surface area (TPSA) is 79.5 Å². The largest absolute Gasteiger partial charge is 0.495 e. The molecule has 0 saturated carbocycles. The molecule has 0 radical (unpaired) electrons. The Labute approximate surface area is 153 Å². The van der Waals surface area contributed by atoms with Gasteiger partial charge in [0.2, 0.25) is 5.91 Å². The van der Waals surface area contributed by atoms with Gasteiger partial charge in [-0.05, 0) is 50.1 Å². The maximum absolute atomic E-state index is 12.4. The summed E-state index contributed by atoms with van der Waals surface area (Å²) in [5, 5.41) is 8.40. The van der Waals surface area contributed by atoms with Crippen molar-refractivity contribution in [3.63, 3.8) is 0 Å². The highest BCUT2D eigenvalue weighted by molar-refractivity contribution is 5.94. The molecule has 138 valence electrons. The van der Waals surface area contributed by atoms with Crippen LogP contribution in [0.4, 0.5) is 16.2 Å². The predicted molar refractivity (Wildman–Crippen MR) is 104 cm³/mol. The average Bonchev–Trinajstić information content (AvgIpc) is 2.56. The first-order valence-corrected chi connectivity index (χ1v) is 8.40. The molecule has 0 fully saturated rings. The van der Waals surface area contributed by atoms with Crippen LogP contribution < -0.4 is 20.7 Å². The van der Waals surface area contributed by atoms with Gasteiger partial charge in [-0.15, -0.1) is 0 Å². The number of rotatable bonds is 5. The Hall–Kier alpha value is -3.02. The summed E-state index contributed by atoms with van der Waals surface area (Å²) in [5.41, 5.74) is 4.39. The molecule has 0 spiro atoms. The Morgan fingerprint density at radius 3 is 2.42 bits per heavy atom. The number of hydrogen-bond acceptors (Lipinski definition) is 3. The van der Waals surface area contributed by atoms with Crippen molar-refractivity contribution in [2.45, 2.75) is 33.7 Å². The highest BCUT2D eigenvalue weighted by atomic mass is 16.5. The van der Waals surface area contributed by atoms with E-state index < -0.39 is 0 Å². The number of amides is 3. The Morgan fingerprint density at radius 1 is 1.04 bits per heavy atom. The van der Waals surface area contributed by atoms with Gasteiger partial charge in [-0.1, -0.05) is 23.8 Å². The lowest BCUT2D eigenvalue weighted by Crippen LogP contribution is -2.31. The van der Waals surface area contributed by atoms with Crippen LogP contribution in [0.1, 0.15) is 36.6 Å². The molecule has 2 aromatic rings. The van der Waals surface area contributed by atoms with E-state index in [0.717, 1.165) is 16.7 Å². The standard InChI is InChI=1S/C20H25N3O3/c1-12-6-7-13(2)17(10-12)14(3)21-20(25)23-18-11-16(22-15(4)24)8-9-19(18)26-5/h6-11,14H,1-5H3,(H,22,24)(H2,21,23,25)/t14-/m0/s1. The molecule has 0 aliphatic rings. The second-order valence-corrected chi connectivity index (χ2v) is 6.28. The zero-order valence-corrected chi connectivity index (χ0v) is 15.8. The van der Waals surface area contributed by atoms with Gasteiger partial charge in [0.25, 0.3) is 0 Å². The van der Waals surface area contributed by atoms with E-state index in [1.54, 1.807) is 18.2 Å². The number of hydrogen-bond donors (Lipinski definition) is 3. The van der Waals surface area contributed by atoms with Crippen LogP contribution in [0.2, 0.25) is 0 Å². The van der Waals surface area contributed by atoms with E-state index in [0.29, 0.717) is 17.1 Å². The molecule has 6 heteroatoms. The Kier molecular flexibility index (Phi) is 6.22. The lowest BCUT2D eigenvalue weighted by atomic mass is 10.0. The molecule has 0 bridgehead atoms. The summed E-state index contributed by atoms with van der Waals surface area (Å²) in [4.78, 5) is 23.6. The van der Waals surface area contributed by atoms with E-state index in [4.69, 9.17) is 4.74 Å². The first-order valence-electron chi connectivity index (χ1n) is 8.40. The number of methoxy groups -OCH3 is 1. The van der Waals surface area contributed by atoms with Gasteiger partial charge in [0.05, 0.1) is 18.8 Å². The molecule has 0 aromatic heterocycles. The summed E-state index contributed by atoms with van der Waals surface area (Å²) in [6.07, 6.45) is 0. The van der Waals surface area contributed by atoms with Crippen molar-refractivity contribution in [1.82, 2.24) is 5.32 Å². The number of aryl methyl sites for hydroxylation is 2. The average molecular weight is 355 g/mol. The number of ether oxygens (including phenoxy) is 1. The molecule has 0 unspecified atom stereocenters. The molecule has 0 heterocycles. The van der Waals surface area contributed by atoms with Crippen molar-refractivity contribution < 1.29 is 14.3 Å². The molecule has 1 atom stereocenters. The highest BCUT2D eigenvalue weighted by Gasteiger charge is 2.14. The maximum atomic E-state index is 12.4. The third-order valence-electron chi connectivity index (χ3n) is 4.02. The summed E-state index contributed by atoms with van der Waals surface area (Å²) in [6.45, 7) is 7.40. The number of anilines is 2. The van der Waals surface area contributed by atoms with E-state index in [1.807, 2.05) is 32.9 Å². The minimum atomic E-state index is -0.350. The van der Waals surface area contributed by atoms with Crippen LogP contribution in [-0.4, -0.2) is 19.0 Å². The highest BCUT2D eigenvalue weighted by Crippen LogP contribution is 2.28. The van der Waals surface area contributed by atoms with Gasteiger partial charge < -0.3 is 20.7 Å². The lowest BCUT2D eigenvalue weighted by molar-refractivity contribution is -0.114. The Balaban J connectivity index is 2.13. The molecule has 0 saturated heterocycles. The van der Waals surface area contributed by atoms with Gasteiger partial charge in [0.1, 0.15) is 5.75 Å². The molecular weight excluding hydrogens is 330 g/mol. The molecule has 3 N–H and O–H groups in total. The number of urea groups is 1. The summed E-state index contributed by atoms with van der Waals surface area (Å²) in [7, 11) is 1.52. The third-order valence-corrected chi connectivity index (χ3v) is 4.02. The molecule has 3 amide bonds. The van der Waals surface area contributed by atoms with E-state index in [2.05, 4.69) is 22.0 Å². The molecule has 2 rings (SSSR count). The Bertz CT molecular complexity index is 818. The smallest absolute Gasteiger partial charge is 0.319 e. The van der Waals surface area contributed by atoms with E-state index in [1.165, 1.54) is 14.0 Å². The molecule has 26 heavy (non-hydrogen) atoms.